The van der Waals surface area contributed by atoms with Gasteiger partial charge in [0.25, 0.3) is 0 Å². The minimum Gasteiger partial charge on any atom is -0.472 e. The summed E-state index contributed by atoms with van der Waals surface area (Å²) in [5.74, 6) is 0.0411. The second-order valence-electron chi connectivity index (χ2n) is 4.46. The molecule has 1 aromatic carbocycles. The van der Waals surface area contributed by atoms with Crippen LogP contribution in [0, 0.1) is 0 Å². The van der Waals surface area contributed by atoms with Crippen LogP contribution in [0.2, 0.25) is 5.02 Å². The lowest BCUT2D eigenvalue weighted by Gasteiger charge is -2.39. The van der Waals surface area contributed by atoms with Crippen molar-refractivity contribution in [2.24, 2.45) is 4.99 Å². The highest BCUT2D eigenvalue weighted by Gasteiger charge is 2.49. The molecule has 17 heavy (non-hydrogen) atoms. The zero-order valence-corrected chi connectivity index (χ0v) is 9.98. The van der Waals surface area contributed by atoms with Crippen LogP contribution >= 0.6 is 11.6 Å². The summed E-state index contributed by atoms with van der Waals surface area (Å²) in [6, 6.07) is 7.42. The van der Waals surface area contributed by atoms with Crippen LogP contribution in [0.4, 0.5) is 0 Å². The monoisotopic (exact) mass is 249 g/mol. The van der Waals surface area contributed by atoms with Crippen LogP contribution in [-0.4, -0.2) is 18.3 Å². The van der Waals surface area contributed by atoms with E-state index in [1.807, 2.05) is 18.2 Å². The molecule has 0 aromatic heterocycles. The van der Waals surface area contributed by atoms with Crippen molar-refractivity contribution < 1.29 is 9.53 Å². The molecule has 2 bridgehead atoms. The van der Waals surface area contributed by atoms with Crippen molar-refractivity contribution in [1.82, 2.24) is 0 Å². The van der Waals surface area contributed by atoms with Gasteiger partial charge in [-0.1, -0.05) is 29.8 Å². The van der Waals surface area contributed by atoms with Crippen molar-refractivity contribution in [2.75, 3.05) is 0 Å². The molecule has 1 heterocycles. The topological polar surface area (TPSA) is 38.7 Å². The number of carbonyl (C=O) groups is 1. The Hall–Kier alpha value is -1.35. The van der Waals surface area contributed by atoms with E-state index < -0.39 is 5.54 Å². The summed E-state index contributed by atoms with van der Waals surface area (Å²) in [6.45, 7) is 0. The fourth-order valence-electron chi connectivity index (χ4n) is 2.65. The fourth-order valence-corrected chi connectivity index (χ4v) is 2.94. The number of hydrogen-bond donors (Lipinski definition) is 0. The van der Waals surface area contributed by atoms with Gasteiger partial charge in [0.1, 0.15) is 0 Å². The van der Waals surface area contributed by atoms with Crippen molar-refractivity contribution >= 4 is 23.8 Å². The van der Waals surface area contributed by atoms with Crippen molar-refractivity contribution in [3.63, 3.8) is 0 Å². The molecule has 2 atom stereocenters. The number of ether oxygens (including phenoxy) is 1. The quantitative estimate of drug-likeness (QED) is 0.768. The van der Waals surface area contributed by atoms with E-state index in [0.717, 1.165) is 18.4 Å². The Morgan fingerprint density at radius 2 is 2.24 bits per heavy atom. The molecule has 1 aliphatic heterocycles. The summed E-state index contributed by atoms with van der Waals surface area (Å²) < 4.78 is 5.26. The number of nitrogens with zero attached hydrogens (tertiary/aromatic N) is 1. The lowest BCUT2D eigenvalue weighted by atomic mass is 9.74. The van der Waals surface area contributed by atoms with Crippen LogP contribution in [0.5, 0.6) is 0 Å². The first-order valence-corrected chi connectivity index (χ1v) is 6.10. The number of hydrogen-bond acceptors (Lipinski definition) is 3. The van der Waals surface area contributed by atoms with E-state index in [9.17, 15) is 4.79 Å². The van der Waals surface area contributed by atoms with Gasteiger partial charge in [-0.15, -0.1) is 0 Å². The Morgan fingerprint density at radius 3 is 3.06 bits per heavy atom. The molecule has 3 nitrogen and oxygen atoms in total. The molecule has 0 saturated heterocycles. The molecule has 1 saturated carbocycles. The predicted octanol–water partition coefficient (Wildman–Crippen LogP) is 2.72. The molecule has 1 aliphatic carbocycles. The van der Waals surface area contributed by atoms with Gasteiger partial charge in [-0.05, 0) is 25.3 Å². The summed E-state index contributed by atoms with van der Waals surface area (Å²) >= 11 is 6.20. The van der Waals surface area contributed by atoms with E-state index in [2.05, 4.69) is 4.99 Å². The van der Waals surface area contributed by atoms with Crippen LogP contribution in [-0.2, 0) is 15.1 Å². The molecule has 0 unspecified atom stereocenters. The first-order valence-electron chi connectivity index (χ1n) is 5.72. The molecular formula is C13H12ClNO2. The largest absolute Gasteiger partial charge is 0.472 e. The van der Waals surface area contributed by atoms with Crippen molar-refractivity contribution in [3.05, 3.63) is 34.9 Å². The second-order valence-corrected chi connectivity index (χ2v) is 4.86. The van der Waals surface area contributed by atoms with Crippen LogP contribution in [0.3, 0.4) is 0 Å². The summed E-state index contributed by atoms with van der Waals surface area (Å²) in [4.78, 5) is 16.7. The highest BCUT2D eigenvalue weighted by molar-refractivity contribution is 6.31. The van der Waals surface area contributed by atoms with Gasteiger partial charge >= 0.3 is 0 Å². The molecule has 4 heteroatoms. The lowest BCUT2D eigenvalue weighted by molar-refractivity contribution is -0.136. The molecular weight excluding hydrogens is 238 g/mol. The lowest BCUT2D eigenvalue weighted by Crippen LogP contribution is -2.49. The number of halogens is 1. The molecule has 0 radical (unpaired) electrons. The third-order valence-corrected chi connectivity index (χ3v) is 3.85. The molecule has 0 N–H and O–H groups in total. The number of benzene rings is 1. The molecule has 0 spiro atoms. The molecule has 88 valence electrons. The molecule has 1 fully saturated rings. The smallest absolute Gasteiger partial charge is 0.205 e. The summed E-state index contributed by atoms with van der Waals surface area (Å²) in [7, 11) is 0. The van der Waals surface area contributed by atoms with Gasteiger partial charge in [-0.3, -0.25) is 4.79 Å². The summed E-state index contributed by atoms with van der Waals surface area (Å²) in [6.07, 6.45) is 3.48. The van der Waals surface area contributed by atoms with E-state index in [1.165, 1.54) is 6.40 Å². The minimum atomic E-state index is -0.806. The Balaban J connectivity index is 2.17. The van der Waals surface area contributed by atoms with Gasteiger partial charge in [0.2, 0.25) is 5.78 Å². The maximum atomic E-state index is 12.4. The van der Waals surface area contributed by atoms with Crippen molar-refractivity contribution in [3.8, 4) is 0 Å². The third kappa shape index (κ3) is 1.49. The Bertz CT molecular complexity index is 500. The van der Waals surface area contributed by atoms with Crippen molar-refractivity contribution in [1.29, 1.82) is 0 Å². The maximum absolute atomic E-state index is 12.4. The predicted molar refractivity (Wildman–Crippen MR) is 65.4 cm³/mol. The number of fused-ring (bicyclic) bond motifs is 2. The van der Waals surface area contributed by atoms with E-state index in [4.69, 9.17) is 16.3 Å². The van der Waals surface area contributed by atoms with Crippen LogP contribution in [0.15, 0.2) is 29.3 Å². The molecule has 1 aromatic rings. The molecule has 2 aliphatic rings. The van der Waals surface area contributed by atoms with Crippen molar-refractivity contribution in [2.45, 2.75) is 30.9 Å². The third-order valence-electron chi connectivity index (χ3n) is 3.52. The van der Waals surface area contributed by atoms with Gasteiger partial charge in [0.15, 0.2) is 18.0 Å². The van der Waals surface area contributed by atoms with Gasteiger partial charge in [-0.25, -0.2) is 4.99 Å². The van der Waals surface area contributed by atoms with Gasteiger partial charge < -0.3 is 4.74 Å². The van der Waals surface area contributed by atoms with E-state index >= 15 is 0 Å². The first-order chi connectivity index (χ1) is 8.24. The van der Waals surface area contributed by atoms with Gasteiger partial charge in [0.05, 0.1) is 0 Å². The maximum Gasteiger partial charge on any atom is 0.205 e. The summed E-state index contributed by atoms with van der Waals surface area (Å²) in [5, 5.41) is 0.598. The minimum absolute atomic E-state index is 0.0411. The number of carbonyl (C=O) groups excluding carboxylic acids is 1. The Labute approximate surface area is 104 Å². The van der Waals surface area contributed by atoms with Crippen LogP contribution in [0.1, 0.15) is 24.8 Å². The highest BCUT2D eigenvalue weighted by Crippen LogP contribution is 2.43. The zero-order chi connectivity index (χ0) is 11.9. The normalized spacial score (nSPS) is 31.1. The number of Topliss-reactive ketones (excluding diaryl/α,β-unsaturated/α-hetero) is 1. The SMILES string of the molecule is O=C1[C@H]2CCC[C@]1(c1ccccc1Cl)N=CO2. The van der Waals surface area contributed by atoms with E-state index in [-0.39, 0.29) is 11.9 Å². The van der Waals surface area contributed by atoms with E-state index in [1.54, 1.807) is 6.07 Å². The highest BCUT2D eigenvalue weighted by atomic mass is 35.5. The first kappa shape index (κ1) is 10.8. The molecule has 0 amide bonds. The number of ketones is 1. The van der Waals surface area contributed by atoms with Crippen LogP contribution < -0.4 is 0 Å². The van der Waals surface area contributed by atoms with Crippen LogP contribution in [0.25, 0.3) is 0 Å². The standard InChI is InChI=1S/C13H12ClNO2/c14-10-5-2-1-4-9(10)13-7-3-6-11(12(13)16)17-8-15-13/h1-2,4-5,8,11H,3,6-7H2/t11-,13-/m1/s1. The number of aliphatic imine (C=N–C) groups is 1. The molecule has 3 rings (SSSR count). The Morgan fingerprint density at radius 1 is 1.41 bits per heavy atom. The summed E-state index contributed by atoms with van der Waals surface area (Å²) in [5.41, 5.74) is -0.00427. The second kappa shape index (κ2) is 3.84. The van der Waals surface area contributed by atoms with Gasteiger partial charge in [-0.2, -0.15) is 0 Å². The zero-order valence-electron chi connectivity index (χ0n) is 9.23. The van der Waals surface area contributed by atoms with E-state index in [0.29, 0.717) is 11.4 Å². The van der Waals surface area contributed by atoms with Gasteiger partial charge in [0, 0.05) is 10.6 Å². The average Bonchev–Trinajstić information content (AvgIpc) is 2.30. The average molecular weight is 250 g/mol. The fraction of sp³-hybridized carbons (Fsp3) is 0.385. The number of rotatable bonds is 1. The Kier molecular flexibility index (Phi) is 2.44.